The summed E-state index contributed by atoms with van der Waals surface area (Å²) >= 11 is 1.11. The van der Waals surface area contributed by atoms with Gasteiger partial charge in [0.15, 0.2) is 11.6 Å². The van der Waals surface area contributed by atoms with Crippen molar-refractivity contribution in [2.45, 2.75) is 45.9 Å². The molecule has 3 aromatic rings. The number of aromatic carboxylic acids is 1. The molecule has 0 amide bonds. The van der Waals surface area contributed by atoms with Crippen LogP contribution < -0.4 is 9.47 Å². The van der Waals surface area contributed by atoms with Crippen LogP contribution in [0.2, 0.25) is 0 Å². The van der Waals surface area contributed by atoms with Gasteiger partial charge in [-0.05, 0) is 17.5 Å². The maximum Gasteiger partial charge on any atom is 0.573 e. The number of halogens is 4. The molecule has 0 saturated carbocycles. The summed E-state index contributed by atoms with van der Waals surface area (Å²) < 4.78 is 62.0. The number of benzene rings is 1. The highest BCUT2D eigenvalue weighted by Crippen LogP contribution is 2.44. The molecule has 3 rings (SSSR count). The molecule has 0 spiro atoms. The predicted octanol–water partition coefficient (Wildman–Crippen LogP) is 6.08. The van der Waals surface area contributed by atoms with E-state index in [0.717, 1.165) is 29.5 Å². The molecule has 0 atom stereocenters. The number of rotatable bonds is 5. The summed E-state index contributed by atoms with van der Waals surface area (Å²) in [5.74, 6) is -4.29. The maximum absolute atomic E-state index is 14.4. The van der Waals surface area contributed by atoms with E-state index in [0.29, 0.717) is 11.3 Å². The van der Waals surface area contributed by atoms with Crippen molar-refractivity contribution in [3.05, 3.63) is 40.3 Å². The highest BCUT2D eigenvalue weighted by atomic mass is 32.1. The second kappa shape index (κ2) is 7.95. The minimum atomic E-state index is -5.09. The summed E-state index contributed by atoms with van der Waals surface area (Å²) in [6.07, 6.45) is -4.75. The summed E-state index contributed by atoms with van der Waals surface area (Å²) in [5.41, 5.74) is -0.717. The van der Waals surface area contributed by atoms with Crippen LogP contribution in [0.4, 0.5) is 17.6 Å². The Balaban J connectivity index is 2.29. The first-order valence-corrected chi connectivity index (χ1v) is 9.92. The molecule has 1 aromatic carbocycles. The second-order valence-electron chi connectivity index (χ2n) is 7.56. The van der Waals surface area contributed by atoms with Crippen molar-refractivity contribution in [3.63, 3.8) is 0 Å². The lowest BCUT2D eigenvalue weighted by molar-refractivity contribution is -0.275. The Labute approximate surface area is 178 Å². The third-order valence-electron chi connectivity index (χ3n) is 4.13. The summed E-state index contributed by atoms with van der Waals surface area (Å²) in [5, 5.41) is 9.83. The van der Waals surface area contributed by atoms with Gasteiger partial charge in [-0.3, -0.25) is 0 Å². The van der Waals surface area contributed by atoms with Gasteiger partial charge in [0, 0.05) is 11.3 Å². The number of carbonyl (C=O) groups is 1. The zero-order valence-corrected chi connectivity index (χ0v) is 17.7. The number of nitrogens with zero attached hydrogens (tertiary/aromatic N) is 2. The van der Waals surface area contributed by atoms with E-state index < -0.39 is 35.1 Å². The lowest BCUT2D eigenvalue weighted by atomic mass is 9.91. The molecule has 0 aliphatic heterocycles. The van der Waals surface area contributed by atoms with E-state index >= 15 is 0 Å². The second-order valence-corrected chi connectivity index (χ2v) is 8.56. The number of hydrogen-bond acceptors (Lipinski definition) is 6. The third-order valence-corrected chi connectivity index (χ3v) is 5.64. The Bertz CT molecular complexity index is 1150. The number of thiophene rings is 1. The van der Waals surface area contributed by atoms with E-state index in [1.54, 1.807) is 6.92 Å². The third kappa shape index (κ3) is 4.71. The molecule has 0 aliphatic rings. The van der Waals surface area contributed by atoms with Crippen LogP contribution in [-0.4, -0.2) is 27.4 Å². The number of alkyl halides is 3. The Kier molecular flexibility index (Phi) is 5.83. The van der Waals surface area contributed by atoms with Crippen molar-refractivity contribution in [3.8, 4) is 17.4 Å². The molecule has 2 aromatic heterocycles. The minimum Gasteiger partial charge on any atom is -0.478 e. The van der Waals surface area contributed by atoms with Crippen LogP contribution in [0.1, 0.15) is 48.8 Å². The minimum absolute atomic E-state index is 0.0131. The van der Waals surface area contributed by atoms with Gasteiger partial charge in [0.25, 0.3) is 0 Å². The number of aromatic nitrogens is 2. The Hall–Kier alpha value is -2.95. The molecule has 11 heteroatoms. The molecule has 0 bridgehead atoms. The number of hydrogen-bond donors (Lipinski definition) is 1. The summed E-state index contributed by atoms with van der Waals surface area (Å²) in [6.45, 7) is 7.17. The van der Waals surface area contributed by atoms with Gasteiger partial charge in [-0.2, -0.15) is 4.98 Å². The van der Waals surface area contributed by atoms with Crippen molar-refractivity contribution in [2.24, 2.45) is 0 Å². The van der Waals surface area contributed by atoms with Gasteiger partial charge in [-0.25, -0.2) is 14.2 Å². The van der Waals surface area contributed by atoms with Crippen LogP contribution in [0, 0.1) is 5.82 Å². The van der Waals surface area contributed by atoms with Gasteiger partial charge in [0.05, 0.1) is 10.9 Å². The van der Waals surface area contributed by atoms with Gasteiger partial charge in [-0.15, -0.1) is 24.5 Å². The molecule has 0 aliphatic carbocycles. The Morgan fingerprint density at radius 1 is 1.19 bits per heavy atom. The van der Waals surface area contributed by atoms with Crippen LogP contribution in [0.25, 0.3) is 10.2 Å². The topological polar surface area (TPSA) is 81.5 Å². The Morgan fingerprint density at radius 3 is 2.42 bits per heavy atom. The molecule has 0 fully saturated rings. The number of carboxylic acids is 1. The van der Waals surface area contributed by atoms with E-state index in [-0.39, 0.29) is 27.5 Å². The van der Waals surface area contributed by atoms with Crippen LogP contribution in [-0.2, 0) is 11.8 Å². The lowest BCUT2D eigenvalue weighted by Gasteiger charge is -2.17. The first-order valence-electron chi connectivity index (χ1n) is 9.11. The summed E-state index contributed by atoms with van der Waals surface area (Å²) in [6, 6.07) is 2.81. The average Bonchev–Trinajstić information content (AvgIpc) is 3.03. The Morgan fingerprint density at radius 2 is 1.87 bits per heavy atom. The molecule has 6 nitrogen and oxygen atoms in total. The smallest absolute Gasteiger partial charge is 0.478 e. The van der Waals surface area contributed by atoms with Crippen molar-refractivity contribution >= 4 is 27.5 Å². The number of aryl methyl sites for hydroxylation is 1. The normalized spacial score (nSPS) is 12.3. The standard InChI is InChI=1S/C20H18F4N2O4S/c1-5-11-25-16(29-14-9(21)7-6-8-10(14)30-20(22,23)24)13-12(18(27)28)15(19(2,3)4)31-17(13)26-11/h6-8H,5H2,1-4H3,(H,27,28). The number of para-hydroxylation sites is 1. The quantitative estimate of drug-likeness (QED) is 0.467. The lowest BCUT2D eigenvalue weighted by Crippen LogP contribution is -2.18. The monoisotopic (exact) mass is 458 g/mol. The fraction of sp³-hybridized carbons (Fsp3) is 0.350. The summed E-state index contributed by atoms with van der Waals surface area (Å²) in [4.78, 5) is 21.3. The molecule has 31 heavy (non-hydrogen) atoms. The molecule has 0 saturated heterocycles. The fourth-order valence-corrected chi connectivity index (χ4v) is 4.10. The number of carboxylic acid groups (broad SMARTS) is 1. The molecule has 0 unspecified atom stereocenters. The van der Waals surface area contributed by atoms with Crippen LogP contribution in [0.5, 0.6) is 17.4 Å². The number of fused-ring (bicyclic) bond motifs is 1. The van der Waals surface area contributed by atoms with Crippen molar-refractivity contribution < 1.29 is 36.9 Å². The molecule has 1 N–H and O–H groups in total. The van der Waals surface area contributed by atoms with Crippen molar-refractivity contribution in [1.29, 1.82) is 0 Å². The van der Waals surface area contributed by atoms with Gasteiger partial charge in [0.2, 0.25) is 11.6 Å². The zero-order chi connectivity index (χ0) is 23.1. The van der Waals surface area contributed by atoms with Gasteiger partial charge < -0.3 is 14.6 Å². The number of ether oxygens (including phenoxy) is 2. The van der Waals surface area contributed by atoms with Gasteiger partial charge >= 0.3 is 12.3 Å². The van der Waals surface area contributed by atoms with E-state index in [1.807, 2.05) is 20.8 Å². The molecule has 166 valence electrons. The molecule has 2 heterocycles. The SMILES string of the molecule is CCc1nc(Oc2c(F)cccc2OC(F)(F)F)c2c(C(=O)O)c(C(C)(C)C)sc2n1. The van der Waals surface area contributed by atoms with E-state index in [4.69, 9.17) is 4.74 Å². The van der Waals surface area contributed by atoms with Crippen LogP contribution >= 0.6 is 11.3 Å². The highest BCUT2D eigenvalue weighted by Gasteiger charge is 2.34. The van der Waals surface area contributed by atoms with E-state index in [1.165, 1.54) is 0 Å². The molecule has 0 radical (unpaired) electrons. The molecular weight excluding hydrogens is 440 g/mol. The average molecular weight is 458 g/mol. The summed E-state index contributed by atoms with van der Waals surface area (Å²) in [7, 11) is 0. The first-order chi connectivity index (χ1) is 14.3. The molecular formula is C20H18F4N2O4S. The van der Waals surface area contributed by atoms with Crippen LogP contribution in [0.3, 0.4) is 0 Å². The largest absolute Gasteiger partial charge is 0.573 e. The maximum atomic E-state index is 14.4. The zero-order valence-electron chi connectivity index (χ0n) is 16.9. The fourth-order valence-electron chi connectivity index (χ4n) is 2.87. The highest BCUT2D eigenvalue weighted by molar-refractivity contribution is 7.19. The van der Waals surface area contributed by atoms with E-state index in [2.05, 4.69) is 14.7 Å². The van der Waals surface area contributed by atoms with Crippen LogP contribution in [0.15, 0.2) is 18.2 Å². The van der Waals surface area contributed by atoms with Gasteiger partial charge in [0.1, 0.15) is 10.7 Å². The van der Waals surface area contributed by atoms with Crippen molar-refractivity contribution in [1.82, 2.24) is 9.97 Å². The van der Waals surface area contributed by atoms with E-state index in [9.17, 15) is 27.5 Å². The van der Waals surface area contributed by atoms with Gasteiger partial charge in [-0.1, -0.05) is 33.8 Å². The first kappa shape index (κ1) is 22.7. The predicted molar refractivity (Wildman–Crippen MR) is 106 cm³/mol. The van der Waals surface area contributed by atoms with Crippen molar-refractivity contribution in [2.75, 3.05) is 0 Å².